The third-order valence-electron chi connectivity index (χ3n) is 8.66. The Morgan fingerprint density at radius 2 is 1.52 bits per heavy atom. The number of hydrogen-bond donors (Lipinski definition) is 1. The molecule has 1 N–H and O–H groups in total. The molecule has 0 spiro atoms. The molecule has 3 heterocycles. The molecule has 7 rings (SSSR count). The summed E-state index contributed by atoms with van der Waals surface area (Å²) < 4.78 is 0. The highest BCUT2D eigenvalue weighted by atomic mass is 15.5. The maximum absolute atomic E-state index is 5.20. The zero-order valence-corrected chi connectivity index (χ0v) is 25.1. The molecule has 0 saturated heterocycles. The van der Waals surface area contributed by atoms with Crippen molar-refractivity contribution in [3.63, 3.8) is 0 Å². The zero-order chi connectivity index (χ0) is 29.9. The van der Waals surface area contributed by atoms with Gasteiger partial charge in [-0.2, -0.15) is 0 Å². The second kappa shape index (κ2) is 12.2. The fourth-order valence-corrected chi connectivity index (χ4v) is 6.14. The predicted molar refractivity (Wildman–Crippen MR) is 174 cm³/mol. The topological polar surface area (TPSA) is 76.5 Å². The van der Waals surface area contributed by atoms with Crippen LogP contribution < -0.4 is 0 Å². The van der Waals surface area contributed by atoms with Gasteiger partial charge >= 0.3 is 0 Å². The van der Waals surface area contributed by atoms with E-state index in [2.05, 4.69) is 146 Å². The Morgan fingerprint density at radius 1 is 0.818 bits per heavy atom. The van der Waals surface area contributed by atoms with Crippen molar-refractivity contribution in [3.05, 3.63) is 138 Å². The summed E-state index contributed by atoms with van der Waals surface area (Å²) in [5.41, 5.74) is 8.27. The Kier molecular flexibility index (Phi) is 7.63. The summed E-state index contributed by atoms with van der Waals surface area (Å²) in [4.78, 5) is 12.5. The van der Waals surface area contributed by atoms with Gasteiger partial charge in [0.25, 0.3) is 0 Å². The van der Waals surface area contributed by atoms with Crippen LogP contribution in [0.3, 0.4) is 0 Å². The molecule has 0 amide bonds. The minimum atomic E-state index is 0.0433. The summed E-state index contributed by atoms with van der Waals surface area (Å²) in [6.07, 6.45) is 3.35. The highest BCUT2D eigenvalue weighted by molar-refractivity contribution is 6.00. The summed E-state index contributed by atoms with van der Waals surface area (Å²) in [6.45, 7) is 6.97. The molecule has 220 valence electrons. The van der Waals surface area contributed by atoms with Crippen LogP contribution in [-0.4, -0.2) is 60.5 Å². The Hall–Kier alpha value is -5.24. The normalized spacial score (nSPS) is 16.9. The average Bonchev–Trinajstić information content (AvgIpc) is 3.73. The van der Waals surface area contributed by atoms with Gasteiger partial charge in [0.15, 0.2) is 11.7 Å². The zero-order valence-electron chi connectivity index (χ0n) is 25.1. The summed E-state index contributed by atoms with van der Waals surface area (Å²) in [5.74, 6) is 1.76. The van der Waals surface area contributed by atoms with E-state index in [0.717, 1.165) is 48.7 Å². The van der Waals surface area contributed by atoms with Gasteiger partial charge in [-0.1, -0.05) is 109 Å². The van der Waals surface area contributed by atoms with Gasteiger partial charge < -0.3 is 14.7 Å². The summed E-state index contributed by atoms with van der Waals surface area (Å²) in [6, 6.07) is 38.7. The number of benzene rings is 4. The van der Waals surface area contributed by atoms with Crippen molar-refractivity contribution < 1.29 is 0 Å². The van der Waals surface area contributed by atoms with E-state index in [1.165, 1.54) is 22.4 Å². The van der Waals surface area contributed by atoms with E-state index in [1.807, 2.05) is 18.2 Å². The minimum absolute atomic E-state index is 0.0433. The SMILES string of the molecule is CC(c1ccccc1)N1C=C2C(=NC(C)N2Cc2ccc(-c3ccccc3-c3nnn[nH]3)cc2)N(CCc2ccccc2)C1. The molecule has 0 saturated carbocycles. The van der Waals surface area contributed by atoms with Crippen molar-refractivity contribution in [1.29, 1.82) is 0 Å². The first-order valence-electron chi connectivity index (χ1n) is 15.2. The number of tetrazole rings is 1. The van der Waals surface area contributed by atoms with Crippen LogP contribution in [0.15, 0.2) is 126 Å². The monoisotopic (exact) mass is 580 g/mol. The number of nitrogens with one attached hydrogen (secondary N) is 1. The highest BCUT2D eigenvalue weighted by Crippen LogP contribution is 2.34. The van der Waals surface area contributed by atoms with Gasteiger partial charge in [0.05, 0.1) is 18.4 Å². The van der Waals surface area contributed by atoms with Crippen LogP contribution in [0.1, 0.15) is 36.6 Å². The van der Waals surface area contributed by atoms with Crippen LogP contribution in [0.2, 0.25) is 0 Å². The molecule has 0 aliphatic carbocycles. The number of H-pyrrole nitrogens is 1. The van der Waals surface area contributed by atoms with Crippen molar-refractivity contribution in [2.45, 2.75) is 39.0 Å². The molecule has 1 aromatic heterocycles. The highest BCUT2D eigenvalue weighted by Gasteiger charge is 2.36. The van der Waals surface area contributed by atoms with Crippen LogP contribution in [0, 0.1) is 0 Å². The first kappa shape index (κ1) is 27.6. The van der Waals surface area contributed by atoms with Gasteiger partial charge in [-0.25, -0.2) is 10.1 Å². The van der Waals surface area contributed by atoms with E-state index in [9.17, 15) is 0 Å². The number of aromatic amines is 1. The first-order chi connectivity index (χ1) is 21.6. The molecular formula is C36H36N8. The van der Waals surface area contributed by atoms with E-state index in [0.29, 0.717) is 5.82 Å². The molecule has 5 aromatic rings. The van der Waals surface area contributed by atoms with Crippen molar-refractivity contribution in [2.24, 2.45) is 4.99 Å². The van der Waals surface area contributed by atoms with Gasteiger partial charge in [0.2, 0.25) is 0 Å². The quantitative estimate of drug-likeness (QED) is 0.214. The number of aromatic nitrogens is 4. The molecule has 0 radical (unpaired) electrons. The van der Waals surface area contributed by atoms with Gasteiger partial charge in [0.1, 0.15) is 6.17 Å². The van der Waals surface area contributed by atoms with Crippen LogP contribution in [0.25, 0.3) is 22.5 Å². The van der Waals surface area contributed by atoms with Gasteiger partial charge in [-0.3, -0.25) is 0 Å². The maximum Gasteiger partial charge on any atom is 0.180 e. The third-order valence-corrected chi connectivity index (χ3v) is 8.66. The van der Waals surface area contributed by atoms with Gasteiger partial charge in [0, 0.05) is 24.9 Å². The Morgan fingerprint density at radius 3 is 2.25 bits per heavy atom. The standard InChI is InChI=1S/C36H36N8/c1-26(30-13-7-4-8-14-30)43-24-34-36(42(25-43)22-21-28-11-5-3-6-12-28)37-27(2)44(34)23-29-17-19-31(20-18-29)32-15-9-10-16-33(32)35-38-40-41-39-35/h3-20,24,26-27H,21-23,25H2,1-2H3,(H,38,39,40,41). The van der Waals surface area contributed by atoms with Crippen molar-refractivity contribution >= 4 is 5.84 Å². The van der Waals surface area contributed by atoms with E-state index in [-0.39, 0.29) is 12.2 Å². The smallest absolute Gasteiger partial charge is 0.180 e. The van der Waals surface area contributed by atoms with E-state index in [4.69, 9.17) is 4.99 Å². The van der Waals surface area contributed by atoms with Crippen LogP contribution in [-0.2, 0) is 13.0 Å². The molecule has 2 aliphatic rings. The number of nitrogens with zero attached hydrogens (tertiary/aromatic N) is 7. The van der Waals surface area contributed by atoms with Crippen LogP contribution >= 0.6 is 0 Å². The minimum Gasteiger partial charge on any atom is -0.351 e. The fourth-order valence-electron chi connectivity index (χ4n) is 6.14. The predicted octanol–water partition coefficient (Wildman–Crippen LogP) is 6.51. The molecule has 2 atom stereocenters. The number of hydrogen-bond acceptors (Lipinski definition) is 7. The maximum atomic E-state index is 5.20. The van der Waals surface area contributed by atoms with E-state index >= 15 is 0 Å². The molecule has 8 heteroatoms. The van der Waals surface area contributed by atoms with Gasteiger partial charge in [-0.15, -0.1) is 5.10 Å². The van der Waals surface area contributed by atoms with Crippen molar-refractivity contribution in [3.8, 4) is 22.5 Å². The molecule has 2 unspecified atom stereocenters. The molecule has 8 nitrogen and oxygen atoms in total. The second-order valence-electron chi connectivity index (χ2n) is 11.5. The average molecular weight is 581 g/mol. The molecule has 44 heavy (non-hydrogen) atoms. The largest absolute Gasteiger partial charge is 0.351 e. The van der Waals surface area contributed by atoms with Crippen molar-refractivity contribution in [2.75, 3.05) is 13.2 Å². The number of rotatable bonds is 9. The summed E-state index contributed by atoms with van der Waals surface area (Å²) in [7, 11) is 0. The lowest BCUT2D eigenvalue weighted by molar-refractivity contribution is 0.183. The summed E-state index contributed by atoms with van der Waals surface area (Å²) in [5, 5.41) is 14.5. The lowest BCUT2D eigenvalue weighted by Gasteiger charge is -2.41. The first-order valence-corrected chi connectivity index (χ1v) is 15.2. The third kappa shape index (κ3) is 5.58. The van der Waals surface area contributed by atoms with Crippen LogP contribution in [0.5, 0.6) is 0 Å². The molecule has 0 fully saturated rings. The van der Waals surface area contributed by atoms with E-state index in [1.54, 1.807) is 0 Å². The number of amidine groups is 1. The Balaban J connectivity index is 1.15. The lowest BCUT2D eigenvalue weighted by atomic mass is 9.98. The Labute approximate surface area is 258 Å². The van der Waals surface area contributed by atoms with Crippen LogP contribution in [0.4, 0.5) is 0 Å². The van der Waals surface area contributed by atoms with E-state index < -0.39 is 0 Å². The number of aliphatic imine (C=N–C) groups is 1. The molecular weight excluding hydrogens is 544 g/mol. The second-order valence-corrected chi connectivity index (χ2v) is 11.5. The molecule has 4 aromatic carbocycles. The fraction of sp³-hybridized carbons (Fsp3) is 0.222. The summed E-state index contributed by atoms with van der Waals surface area (Å²) >= 11 is 0. The lowest BCUT2D eigenvalue weighted by Crippen LogP contribution is -2.47. The molecule has 2 aliphatic heterocycles. The van der Waals surface area contributed by atoms with Gasteiger partial charge in [-0.05, 0) is 58.5 Å². The number of fused-ring (bicyclic) bond motifs is 1. The van der Waals surface area contributed by atoms with Crippen molar-refractivity contribution in [1.82, 2.24) is 35.3 Å². The Bertz CT molecular complexity index is 1750. The molecule has 0 bridgehead atoms.